The van der Waals surface area contributed by atoms with Crippen LogP contribution in [0.15, 0.2) is 16.9 Å². The normalized spacial score (nSPS) is 24.6. The zero-order valence-electron chi connectivity index (χ0n) is 18.3. The third-order valence-corrected chi connectivity index (χ3v) is 4.13. The monoisotopic (exact) mass is 455 g/mol. The molecule has 32 heavy (non-hydrogen) atoms. The van der Waals surface area contributed by atoms with Crippen LogP contribution in [0.2, 0.25) is 0 Å². The van der Waals surface area contributed by atoms with Gasteiger partial charge in [-0.2, -0.15) is 4.99 Å². The van der Waals surface area contributed by atoms with Gasteiger partial charge in [-0.25, -0.2) is 0 Å². The van der Waals surface area contributed by atoms with Gasteiger partial charge >= 0.3 is 29.9 Å². The molecular formula is C19H25N3O10. The molecule has 4 atom stereocenters. The van der Waals surface area contributed by atoms with Gasteiger partial charge in [0.2, 0.25) is 5.91 Å². The zero-order valence-corrected chi connectivity index (χ0v) is 18.3. The number of ether oxygens (including phenoxy) is 5. The van der Waals surface area contributed by atoms with Crippen LogP contribution in [0, 0.1) is 0 Å². The van der Waals surface area contributed by atoms with Gasteiger partial charge in [0.15, 0.2) is 18.4 Å². The predicted molar refractivity (Wildman–Crippen MR) is 104 cm³/mol. The van der Waals surface area contributed by atoms with Crippen LogP contribution in [0.4, 0.5) is 0 Å². The molecule has 0 aliphatic carbocycles. The van der Waals surface area contributed by atoms with Gasteiger partial charge in [0.25, 0.3) is 0 Å². The molecule has 176 valence electrons. The lowest BCUT2D eigenvalue weighted by atomic mass is 10.1. The van der Waals surface area contributed by atoms with E-state index in [4.69, 9.17) is 23.7 Å². The van der Waals surface area contributed by atoms with Crippen molar-refractivity contribution >= 4 is 35.8 Å². The van der Waals surface area contributed by atoms with Crippen molar-refractivity contribution in [1.82, 2.24) is 10.2 Å². The number of carbonyl (C=O) groups is 5. The van der Waals surface area contributed by atoms with Crippen LogP contribution in [0.5, 0.6) is 0 Å². The predicted octanol–water partition coefficient (Wildman–Crippen LogP) is -0.650. The molecule has 2 heterocycles. The Labute approximate surface area is 183 Å². The molecule has 1 N–H and O–H groups in total. The van der Waals surface area contributed by atoms with E-state index in [-0.39, 0.29) is 30.9 Å². The van der Waals surface area contributed by atoms with E-state index in [1.54, 1.807) is 0 Å². The Bertz CT molecular complexity index is 852. The Hall–Kier alpha value is -3.48. The minimum Gasteiger partial charge on any atom is -0.463 e. The van der Waals surface area contributed by atoms with Gasteiger partial charge in [0.05, 0.1) is 0 Å². The molecule has 0 aromatic carbocycles. The van der Waals surface area contributed by atoms with Gasteiger partial charge < -0.3 is 29.0 Å². The summed E-state index contributed by atoms with van der Waals surface area (Å²) in [6.07, 6.45) is -2.90. The minimum atomic E-state index is -1.17. The fourth-order valence-corrected chi connectivity index (χ4v) is 3.10. The SMILES string of the molecule is CC(=O)NC1=CCN([C@@H]2O[C@@H](COC(C)=O)[C@@H](OC(C)=O)[C@H]2OC(C)=O)C(OC(C)=O)=N1. The number of hydrogen-bond donors (Lipinski definition) is 1. The highest BCUT2D eigenvalue weighted by Crippen LogP contribution is 2.31. The fraction of sp³-hybridized carbons (Fsp3) is 0.579. The number of amides is 1. The lowest BCUT2D eigenvalue weighted by Gasteiger charge is -2.34. The van der Waals surface area contributed by atoms with Crippen molar-refractivity contribution < 1.29 is 47.7 Å². The Balaban J connectivity index is 2.40. The number of nitrogens with one attached hydrogen (secondary N) is 1. The molecule has 1 amide bonds. The van der Waals surface area contributed by atoms with Crippen molar-refractivity contribution in [2.24, 2.45) is 4.99 Å². The van der Waals surface area contributed by atoms with Gasteiger partial charge in [-0.1, -0.05) is 0 Å². The van der Waals surface area contributed by atoms with Gasteiger partial charge in [-0.3, -0.25) is 28.9 Å². The summed E-state index contributed by atoms with van der Waals surface area (Å²) in [4.78, 5) is 63.1. The Morgan fingerprint density at radius 3 is 2.16 bits per heavy atom. The zero-order chi connectivity index (χ0) is 24.0. The molecule has 0 radical (unpaired) electrons. The highest BCUT2D eigenvalue weighted by Gasteiger charge is 2.53. The number of nitrogens with zero attached hydrogens (tertiary/aromatic N) is 2. The average molecular weight is 455 g/mol. The van der Waals surface area contributed by atoms with Crippen molar-refractivity contribution in [3.63, 3.8) is 0 Å². The number of aliphatic imine (C=N–C) groups is 1. The first-order chi connectivity index (χ1) is 15.0. The van der Waals surface area contributed by atoms with Crippen LogP contribution >= 0.6 is 0 Å². The van der Waals surface area contributed by atoms with Crippen molar-refractivity contribution in [3.05, 3.63) is 11.9 Å². The Morgan fingerprint density at radius 1 is 1.00 bits per heavy atom. The second-order valence-corrected chi connectivity index (χ2v) is 6.93. The molecular weight excluding hydrogens is 430 g/mol. The van der Waals surface area contributed by atoms with E-state index in [2.05, 4.69) is 10.3 Å². The summed E-state index contributed by atoms with van der Waals surface area (Å²) in [7, 11) is 0. The second kappa shape index (κ2) is 10.7. The van der Waals surface area contributed by atoms with Crippen LogP contribution in [0.1, 0.15) is 34.6 Å². The van der Waals surface area contributed by atoms with Crippen molar-refractivity contribution in [2.75, 3.05) is 13.2 Å². The molecule has 0 bridgehead atoms. The van der Waals surface area contributed by atoms with Gasteiger partial charge in [-0.15, -0.1) is 0 Å². The molecule has 0 aromatic rings. The van der Waals surface area contributed by atoms with E-state index in [1.165, 1.54) is 24.8 Å². The molecule has 1 fully saturated rings. The largest absolute Gasteiger partial charge is 0.463 e. The molecule has 0 spiro atoms. The maximum atomic E-state index is 11.8. The Kier molecular flexibility index (Phi) is 8.29. The van der Waals surface area contributed by atoms with Crippen molar-refractivity contribution in [2.45, 2.75) is 59.2 Å². The molecule has 2 rings (SSSR count). The van der Waals surface area contributed by atoms with E-state index in [9.17, 15) is 24.0 Å². The lowest BCUT2D eigenvalue weighted by molar-refractivity contribution is -0.167. The summed E-state index contributed by atoms with van der Waals surface area (Å²) in [5.74, 6) is -2.91. The topological polar surface area (TPSA) is 159 Å². The van der Waals surface area contributed by atoms with Gasteiger partial charge in [0, 0.05) is 41.2 Å². The summed E-state index contributed by atoms with van der Waals surface area (Å²) in [5.41, 5.74) is 0. The molecule has 0 saturated carbocycles. The number of amidine groups is 1. The maximum Gasteiger partial charge on any atom is 0.310 e. The van der Waals surface area contributed by atoms with Crippen LogP contribution in [-0.2, 0) is 47.7 Å². The summed E-state index contributed by atoms with van der Waals surface area (Å²) in [6, 6.07) is -0.236. The summed E-state index contributed by atoms with van der Waals surface area (Å²) in [6.45, 7) is 5.69. The first-order valence-corrected chi connectivity index (χ1v) is 9.62. The molecule has 13 heteroatoms. The maximum absolute atomic E-state index is 11.8. The number of hydrogen-bond acceptors (Lipinski definition) is 12. The smallest absolute Gasteiger partial charge is 0.310 e. The van der Waals surface area contributed by atoms with E-state index >= 15 is 0 Å². The summed E-state index contributed by atoms with van der Waals surface area (Å²) in [5, 5.41) is 2.48. The standard InChI is InChI=1S/C19H25N3O10/c1-9(23)20-15-6-7-22(19(21-15)31-13(5)27)18-17(30-12(4)26)16(29-11(3)25)14(32-18)8-28-10(2)24/h6,14,16-18H,7-8H2,1-5H3,(H,20,23)/t14-,16+,17+,18+/m0/s1. The third kappa shape index (κ3) is 6.77. The highest BCUT2D eigenvalue weighted by molar-refractivity contribution is 5.88. The quantitative estimate of drug-likeness (QED) is 0.400. The summed E-state index contributed by atoms with van der Waals surface area (Å²) < 4.78 is 26.7. The van der Waals surface area contributed by atoms with Crippen LogP contribution < -0.4 is 5.32 Å². The van der Waals surface area contributed by atoms with E-state index in [0.29, 0.717) is 0 Å². The van der Waals surface area contributed by atoms with E-state index < -0.39 is 48.4 Å². The molecule has 2 aliphatic rings. The van der Waals surface area contributed by atoms with E-state index in [0.717, 1.165) is 20.8 Å². The minimum absolute atomic E-state index is 0.0250. The van der Waals surface area contributed by atoms with Gasteiger partial charge in [-0.05, 0) is 6.08 Å². The summed E-state index contributed by atoms with van der Waals surface area (Å²) >= 11 is 0. The van der Waals surface area contributed by atoms with E-state index in [1.807, 2.05) is 0 Å². The molecule has 2 aliphatic heterocycles. The van der Waals surface area contributed by atoms with Crippen molar-refractivity contribution in [3.8, 4) is 0 Å². The highest BCUT2D eigenvalue weighted by atomic mass is 16.7. The number of carbonyl (C=O) groups excluding carboxylic acids is 5. The Morgan fingerprint density at radius 2 is 1.62 bits per heavy atom. The van der Waals surface area contributed by atoms with Crippen LogP contribution in [-0.4, -0.2) is 78.4 Å². The number of rotatable bonds is 6. The van der Waals surface area contributed by atoms with Crippen molar-refractivity contribution in [1.29, 1.82) is 0 Å². The third-order valence-electron chi connectivity index (χ3n) is 4.13. The van der Waals surface area contributed by atoms with Crippen LogP contribution in [0.25, 0.3) is 0 Å². The lowest BCUT2D eigenvalue weighted by Crippen LogP contribution is -2.52. The molecule has 13 nitrogen and oxygen atoms in total. The first-order valence-electron chi connectivity index (χ1n) is 9.62. The molecule has 1 saturated heterocycles. The second-order valence-electron chi connectivity index (χ2n) is 6.93. The molecule has 0 unspecified atom stereocenters. The van der Waals surface area contributed by atoms with Gasteiger partial charge in [0.1, 0.15) is 18.5 Å². The van der Waals surface area contributed by atoms with Crippen LogP contribution in [0.3, 0.4) is 0 Å². The average Bonchev–Trinajstić information content (AvgIpc) is 2.95. The first kappa shape index (κ1) is 24.8. The number of esters is 4. The molecule has 0 aromatic heterocycles. The fourth-order valence-electron chi connectivity index (χ4n) is 3.10.